The molecule has 21 heavy (non-hydrogen) atoms. The van der Waals surface area contributed by atoms with E-state index >= 15 is 0 Å². The van der Waals surface area contributed by atoms with E-state index in [0.29, 0.717) is 6.54 Å². The first kappa shape index (κ1) is 15.1. The van der Waals surface area contributed by atoms with Crippen LogP contribution in [0.5, 0.6) is 0 Å². The molecule has 1 aromatic carbocycles. The lowest BCUT2D eigenvalue weighted by Crippen LogP contribution is -2.41. The third-order valence-electron chi connectivity index (χ3n) is 5.82. The van der Waals surface area contributed by atoms with Gasteiger partial charge in [0.25, 0.3) is 0 Å². The average molecular weight is 287 g/mol. The SMILES string of the molecule is CCC1CCCC(CN)(C(O)c2cccc(C3CC3)c2)C1. The molecule has 2 aliphatic rings. The molecule has 0 aromatic heterocycles. The molecule has 3 atom stereocenters. The van der Waals surface area contributed by atoms with E-state index in [-0.39, 0.29) is 5.41 Å². The zero-order chi connectivity index (χ0) is 14.9. The molecule has 2 heteroatoms. The van der Waals surface area contributed by atoms with Crippen molar-refractivity contribution in [2.45, 2.75) is 63.9 Å². The first-order valence-corrected chi connectivity index (χ1v) is 8.66. The second-order valence-electron chi connectivity index (χ2n) is 7.28. The zero-order valence-electron chi connectivity index (χ0n) is 13.2. The van der Waals surface area contributed by atoms with Gasteiger partial charge in [0.2, 0.25) is 0 Å². The quantitative estimate of drug-likeness (QED) is 0.855. The van der Waals surface area contributed by atoms with Crippen LogP contribution in [0.3, 0.4) is 0 Å². The summed E-state index contributed by atoms with van der Waals surface area (Å²) in [5.74, 6) is 1.46. The van der Waals surface area contributed by atoms with E-state index in [1.54, 1.807) is 0 Å². The van der Waals surface area contributed by atoms with Crippen LogP contribution < -0.4 is 5.73 Å². The molecule has 3 unspecified atom stereocenters. The summed E-state index contributed by atoms with van der Waals surface area (Å²) in [5.41, 5.74) is 8.52. The summed E-state index contributed by atoms with van der Waals surface area (Å²) in [6.45, 7) is 2.86. The maximum atomic E-state index is 11.1. The largest absolute Gasteiger partial charge is 0.388 e. The minimum absolute atomic E-state index is 0.110. The molecule has 0 bridgehead atoms. The molecule has 116 valence electrons. The highest BCUT2D eigenvalue weighted by molar-refractivity contribution is 5.31. The molecule has 2 aliphatic carbocycles. The highest BCUT2D eigenvalue weighted by Crippen LogP contribution is 2.49. The van der Waals surface area contributed by atoms with Crippen LogP contribution in [0.1, 0.15) is 75.0 Å². The smallest absolute Gasteiger partial charge is 0.0858 e. The number of hydrogen-bond donors (Lipinski definition) is 2. The average Bonchev–Trinajstić information content (AvgIpc) is 3.39. The van der Waals surface area contributed by atoms with Crippen molar-refractivity contribution in [2.75, 3.05) is 6.54 Å². The fourth-order valence-corrected chi connectivity index (χ4v) is 4.17. The molecule has 2 fully saturated rings. The van der Waals surface area contributed by atoms with Gasteiger partial charge in [-0.25, -0.2) is 0 Å². The van der Waals surface area contributed by atoms with Crippen molar-refractivity contribution in [3.8, 4) is 0 Å². The van der Waals surface area contributed by atoms with Gasteiger partial charge in [0.1, 0.15) is 0 Å². The minimum atomic E-state index is -0.407. The second-order valence-corrected chi connectivity index (χ2v) is 7.28. The molecule has 2 saturated carbocycles. The molecule has 0 aliphatic heterocycles. The number of nitrogens with two attached hydrogens (primary N) is 1. The maximum absolute atomic E-state index is 11.1. The van der Waals surface area contributed by atoms with Crippen molar-refractivity contribution in [1.29, 1.82) is 0 Å². The zero-order valence-corrected chi connectivity index (χ0v) is 13.2. The Morgan fingerprint density at radius 1 is 1.33 bits per heavy atom. The maximum Gasteiger partial charge on any atom is 0.0858 e. The Kier molecular flexibility index (Phi) is 4.37. The van der Waals surface area contributed by atoms with E-state index in [2.05, 4.69) is 31.2 Å². The molecular weight excluding hydrogens is 258 g/mol. The summed E-state index contributed by atoms with van der Waals surface area (Å²) in [6, 6.07) is 8.63. The van der Waals surface area contributed by atoms with Crippen LogP contribution >= 0.6 is 0 Å². The Hall–Kier alpha value is -0.860. The van der Waals surface area contributed by atoms with E-state index < -0.39 is 6.10 Å². The van der Waals surface area contributed by atoms with E-state index in [1.807, 2.05) is 0 Å². The predicted molar refractivity (Wildman–Crippen MR) is 87.1 cm³/mol. The molecule has 0 spiro atoms. The molecular formula is C19H29NO. The van der Waals surface area contributed by atoms with Crippen molar-refractivity contribution in [3.63, 3.8) is 0 Å². The Morgan fingerprint density at radius 2 is 2.14 bits per heavy atom. The van der Waals surface area contributed by atoms with Gasteiger partial charge >= 0.3 is 0 Å². The van der Waals surface area contributed by atoms with Crippen LogP contribution in [-0.4, -0.2) is 11.7 Å². The third kappa shape index (κ3) is 3.02. The van der Waals surface area contributed by atoms with Crippen LogP contribution in [-0.2, 0) is 0 Å². The Labute approximate surface area is 128 Å². The number of hydrogen-bond acceptors (Lipinski definition) is 2. The Balaban J connectivity index is 1.83. The lowest BCUT2D eigenvalue weighted by Gasteiger charge is -2.43. The Morgan fingerprint density at radius 3 is 2.81 bits per heavy atom. The van der Waals surface area contributed by atoms with E-state index in [9.17, 15) is 5.11 Å². The summed E-state index contributed by atoms with van der Waals surface area (Å²) < 4.78 is 0. The topological polar surface area (TPSA) is 46.2 Å². The predicted octanol–water partition coefficient (Wildman–Crippen LogP) is 4.14. The van der Waals surface area contributed by atoms with E-state index in [1.165, 1.54) is 37.7 Å². The first-order valence-electron chi connectivity index (χ1n) is 8.66. The van der Waals surface area contributed by atoms with Crippen LogP contribution in [0.25, 0.3) is 0 Å². The van der Waals surface area contributed by atoms with Crippen LogP contribution in [0, 0.1) is 11.3 Å². The summed E-state index contributed by atoms with van der Waals surface area (Å²) in [7, 11) is 0. The lowest BCUT2D eigenvalue weighted by molar-refractivity contribution is -0.0162. The highest BCUT2D eigenvalue weighted by Gasteiger charge is 2.41. The summed E-state index contributed by atoms with van der Waals surface area (Å²) >= 11 is 0. The fourth-order valence-electron chi connectivity index (χ4n) is 4.17. The molecule has 1 aromatic rings. The van der Waals surface area contributed by atoms with Crippen molar-refractivity contribution in [1.82, 2.24) is 0 Å². The number of aliphatic hydroxyl groups is 1. The van der Waals surface area contributed by atoms with Crippen LogP contribution in [0.2, 0.25) is 0 Å². The van der Waals surface area contributed by atoms with Gasteiger partial charge < -0.3 is 10.8 Å². The van der Waals surface area contributed by atoms with Gasteiger partial charge in [-0.1, -0.05) is 50.5 Å². The summed E-state index contributed by atoms with van der Waals surface area (Å²) in [6.07, 6.45) is 8.05. The van der Waals surface area contributed by atoms with E-state index in [4.69, 9.17) is 5.73 Å². The number of rotatable bonds is 5. The number of aliphatic hydroxyl groups excluding tert-OH is 1. The highest BCUT2D eigenvalue weighted by atomic mass is 16.3. The van der Waals surface area contributed by atoms with Gasteiger partial charge in [-0.05, 0) is 48.6 Å². The molecule has 0 radical (unpaired) electrons. The summed E-state index contributed by atoms with van der Waals surface area (Å²) in [4.78, 5) is 0. The first-order chi connectivity index (χ1) is 10.2. The van der Waals surface area contributed by atoms with Gasteiger partial charge in [0.05, 0.1) is 6.10 Å². The lowest BCUT2D eigenvalue weighted by atomic mass is 9.64. The van der Waals surface area contributed by atoms with Gasteiger partial charge in [0.15, 0.2) is 0 Å². The third-order valence-corrected chi connectivity index (χ3v) is 5.82. The second kappa shape index (κ2) is 6.10. The van der Waals surface area contributed by atoms with Crippen LogP contribution in [0.15, 0.2) is 24.3 Å². The Bertz CT molecular complexity index is 482. The normalized spacial score (nSPS) is 31.1. The molecule has 0 heterocycles. The molecule has 3 N–H and O–H groups in total. The molecule has 3 rings (SSSR count). The van der Waals surface area contributed by atoms with Crippen molar-refractivity contribution in [3.05, 3.63) is 35.4 Å². The number of benzene rings is 1. The monoisotopic (exact) mass is 287 g/mol. The van der Waals surface area contributed by atoms with Gasteiger partial charge in [-0.3, -0.25) is 0 Å². The van der Waals surface area contributed by atoms with Gasteiger partial charge in [-0.2, -0.15) is 0 Å². The molecule has 0 saturated heterocycles. The van der Waals surface area contributed by atoms with Crippen LogP contribution in [0.4, 0.5) is 0 Å². The standard InChI is InChI=1S/C19H29NO/c1-2-14-5-4-10-19(12-14,13-20)18(21)17-7-3-6-16(11-17)15-8-9-15/h3,6-7,11,14-15,18,21H,2,4-5,8-10,12-13,20H2,1H3. The van der Waals surface area contributed by atoms with Gasteiger partial charge in [-0.15, -0.1) is 0 Å². The van der Waals surface area contributed by atoms with E-state index in [0.717, 1.165) is 30.2 Å². The molecule has 0 amide bonds. The molecule has 2 nitrogen and oxygen atoms in total. The minimum Gasteiger partial charge on any atom is -0.388 e. The van der Waals surface area contributed by atoms with Crippen molar-refractivity contribution < 1.29 is 5.11 Å². The summed E-state index contributed by atoms with van der Waals surface area (Å²) in [5, 5.41) is 11.1. The van der Waals surface area contributed by atoms with Crippen molar-refractivity contribution in [2.24, 2.45) is 17.1 Å². The van der Waals surface area contributed by atoms with Gasteiger partial charge in [0, 0.05) is 12.0 Å². The van der Waals surface area contributed by atoms with Crippen molar-refractivity contribution >= 4 is 0 Å². The fraction of sp³-hybridized carbons (Fsp3) is 0.684.